The highest BCUT2D eigenvalue weighted by Gasteiger charge is 2.19. The van der Waals surface area contributed by atoms with E-state index in [0.29, 0.717) is 16.2 Å². The van der Waals surface area contributed by atoms with Gasteiger partial charge in [0.25, 0.3) is 5.91 Å². The number of carbonyl (C=O) groups excluding carboxylic acids is 1. The minimum atomic E-state index is -0.290. The molecule has 0 spiro atoms. The Morgan fingerprint density at radius 1 is 1.39 bits per heavy atom. The van der Waals surface area contributed by atoms with Crippen LogP contribution in [0.3, 0.4) is 0 Å². The molecule has 0 atom stereocenters. The number of hydrogen-bond acceptors (Lipinski definition) is 3. The first kappa shape index (κ1) is 19.4. The SMILES string of the molecule is C=C/C=C(/c1cc(C(=O)NC(C)(C)C)cc(Br)n1)N(C)C(C)C. The molecule has 0 unspecified atom stereocenters. The average molecular weight is 380 g/mol. The van der Waals surface area contributed by atoms with Gasteiger partial charge in [0.1, 0.15) is 4.60 Å². The zero-order valence-corrected chi connectivity index (χ0v) is 16.4. The number of carbonyl (C=O) groups is 1. The number of amides is 1. The van der Waals surface area contributed by atoms with Crippen molar-refractivity contribution in [2.75, 3.05) is 7.05 Å². The van der Waals surface area contributed by atoms with Gasteiger partial charge in [-0.3, -0.25) is 4.79 Å². The lowest BCUT2D eigenvalue weighted by atomic mass is 10.1. The maximum absolute atomic E-state index is 12.4. The molecule has 0 saturated carbocycles. The lowest BCUT2D eigenvalue weighted by molar-refractivity contribution is 0.0919. The monoisotopic (exact) mass is 379 g/mol. The van der Waals surface area contributed by atoms with Crippen LogP contribution in [0.25, 0.3) is 5.70 Å². The highest BCUT2D eigenvalue weighted by atomic mass is 79.9. The third-order valence-electron chi connectivity index (χ3n) is 3.24. The zero-order chi connectivity index (χ0) is 17.8. The van der Waals surface area contributed by atoms with Crippen LogP contribution in [0, 0.1) is 0 Å². The molecule has 0 aliphatic rings. The summed E-state index contributed by atoms with van der Waals surface area (Å²) in [6.45, 7) is 13.8. The van der Waals surface area contributed by atoms with Crippen LogP contribution < -0.4 is 5.32 Å². The lowest BCUT2D eigenvalue weighted by Crippen LogP contribution is -2.40. The zero-order valence-electron chi connectivity index (χ0n) is 14.8. The third-order valence-corrected chi connectivity index (χ3v) is 3.64. The van der Waals surface area contributed by atoms with E-state index in [1.165, 1.54) is 0 Å². The predicted octanol–water partition coefficient (Wildman–Crippen LogP) is 4.24. The van der Waals surface area contributed by atoms with Crippen LogP contribution >= 0.6 is 15.9 Å². The molecule has 0 aliphatic carbocycles. The lowest BCUT2D eigenvalue weighted by Gasteiger charge is -2.27. The van der Waals surface area contributed by atoms with Gasteiger partial charge in [-0.1, -0.05) is 12.7 Å². The van der Waals surface area contributed by atoms with Crippen molar-refractivity contribution in [3.05, 3.63) is 46.7 Å². The van der Waals surface area contributed by atoms with E-state index in [4.69, 9.17) is 0 Å². The molecule has 5 heteroatoms. The molecule has 1 heterocycles. The number of nitrogens with one attached hydrogen (secondary N) is 1. The number of nitrogens with zero attached hydrogens (tertiary/aromatic N) is 2. The highest BCUT2D eigenvalue weighted by Crippen LogP contribution is 2.22. The van der Waals surface area contributed by atoms with Gasteiger partial charge >= 0.3 is 0 Å². The first-order chi connectivity index (χ1) is 10.5. The van der Waals surface area contributed by atoms with E-state index >= 15 is 0 Å². The maximum atomic E-state index is 12.4. The second kappa shape index (κ2) is 7.77. The quantitative estimate of drug-likeness (QED) is 0.614. The Balaban J connectivity index is 3.30. The highest BCUT2D eigenvalue weighted by molar-refractivity contribution is 9.10. The van der Waals surface area contributed by atoms with Crippen LogP contribution in [-0.4, -0.2) is 34.4 Å². The first-order valence-electron chi connectivity index (χ1n) is 7.61. The van der Waals surface area contributed by atoms with Crippen molar-refractivity contribution < 1.29 is 4.79 Å². The molecule has 0 aromatic carbocycles. The smallest absolute Gasteiger partial charge is 0.251 e. The van der Waals surface area contributed by atoms with Gasteiger partial charge in [0.15, 0.2) is 0 Å². The number of aromatic nitrogens is 1. The van der Waals surface area contributed by atoms with Gasteiger partial charge in [-0.2, -0.15) is 0 Å². The molecule has 1 N–H and O–H groups in total. The number of hydrogen-bond donors (Lipinski definition) is 1. The van der Waals surface area contributed by atoms with Gasteiger partial charge < -0.3 is 10.2 Å². The fourth-order valence-electron chi connectivity index (χ4n) is 1.95. The molecule has 0 fully saturated rings. The van der Waals surface area contributed by atoms with Crippen LogP contribution in [0.2, 0.25) is 0 Å². The van der Waals surface area contributed by atoms with Crippen molar-refractivity contribution in [2.24, 2.45) is 0 Å². The Labute approximate surface area is 147 Å². The Kier molecular flexibility index (Phi) is 6.57. The Bertz CT molecular complexity index is 615. The van der Waals surface area contributed by atoms with E-state index < -0.39 is 0 Å². The Morgan fingerprint density at radius 3 is 2.48 bits per heavy atom. The van der Waals surface area contributed by atoms with E-state index in [1.54, 1.807) is 18.2 Å². The normalized spacial score (nSPS) is 12.3. The fourth-order valence-corrected chi connectivity index (χ4v) is 2.38. The maximum Gasteiger partial charge on any atom is 0.251 e. The summed E-state index contributed by atoms with van der Waals surface area (Å²) < 4.78 is 0.626. The number of allylic oxidation sites excluding steroid dienone is 2. The van der Waals surface area contributed by atoms with E-state index in [9.17, 15) is 4.79 Å². The molecule has 0 bridgehead atoms. The summed E-state index contributed by atoms with van der Waals surface area (Å²) in [5, 5.41) is 2.97. The Hall–Kier alpha value is -1.62. The molecule has 1 rings (SSSR count). The van der Waals surface area contributed by atoms with Crippen molar-refractivity contribution in [3.8, 4) is 0 Å². The third kappa shape index (κ3) is 5.82. The topological polar surface area (TPSA) is 45.2 Å². The molecule has 0 aliphatic heterocycles. The van der Waals surface area contributed by atoms with Gasteiger partial charge in [-0.15, -0.1) is 0 Å². The summed E-state index contributed by atoms with van der Waals surface area (Å²) in [6, 6.07) is 3.83. The summed E-state index contributed by atoms with van der Waals surface area (Å²) >= 11 is 3.40. The fraction of sp³-hybridized carbons (Fsp3) is 0.444. The molecule has 126 valence electrons. The van der Waals surface area contributed by atoms with E-state index in [2.05, 4.69) is 51.6 Å². The van der Waals surface area contributed by atoms with E-state index in [1.807, 2.05) is 33.9 Å². The minimum absolute atomic E-state index is 0.119. The van der Waals surface area contributed by atoms with Gasteiger partial charge in [0, 0.05) is 24.2 Å². The van der Waals surface area contributed by atoms with E-state index in [0.717, 1.165) is 11.4 Å². The van der Waals surface area contributed by atoms with Crippen molar-refractivity contribution in [2.45, 2.75) is 46.2 Å². The van der Waals surface area contributed by atoms with Crippen LogP contribution in [0.5, 0.6) is 0 Å². The molecular weight excluding hydrogens is 354 g/mol. The number of halogens is 1. The number of rotatable bonds is 5. The summed E-state index contributed by atoms with van der Waals surface area (Å²) in [6.07, 6.45) is 3.63. The molecule has 1 amide bonds. The first-order valence-corrected chi connectivity index (χ1v) is 8.40. The molecule has 4 nitrogen and oxygen atoms in total. The molecule has 23 heavy (non-hydrogen) atoms. The second-order valence-corrected chi connectivity index (χ2v) is 7.57. The van der Waals surface area contributed by atoms with Gasteiger partial charge in [0.05, 0.1) is 11.4 Å². The van der Waals surface area contributed by atoms with Crippen LogP contribution in [0.1, 0.15) is 50.7 Å². The molecule has 1 aromatic heterocycles. The molecule has 1 aromatic rings. The summed E-state index contributed by atoms with van der Waals surface area (Å²) in [7, 11) is 2.00. The minimum Gasteiger partial charge on any atom is -0.370 e. The average Bonchev–Trinajstić information content (AvgIpc) is 2.41. The second-order valence-electron chi connectivity index (χ2n) is 6.76. The summed E-state index contributed by atoms with van der Waals surface area (Å²) in [5.41, 5.74) is 1.93. The summed E-state index contributed by atoms with van der Waals surface area (Å²) in [5.74, 6) is -0.119. The van der Waals surface area contributed by atoms with Crippen molar-refractivity contribution in [3.63, 3.8) is 0 Å². The van der Waals surface area contributed by atoms with Crippen LogP contribution in [0.4, 0.5) is 0 Å². The van der Waals surface area contributed by atoms with Crippen molar-refractivity contribution in [1.29, 1.82) is 0 Å². The molecule has 0 radical (unpaired) electrons. The van der Waals surface area contributed by atoms with Crippen molar-refractivity contribution in [1.82, 2.24) is 15.2 Å². The molecular formula is C18H26BrN3O. The Morgan fingerprint density at radius 2 is 2.00 bits per heavy atom. The standard InChI is InChI=1S/C18H26BrN3O/c1-8-9-15(22(7)12(2)3)14-10-13(11-16(19)20-14)17(23)21-18(4,5)6/h8-12H,1H2,2-7H3,(H,21,23)/b15-9-. The van der Waals surface area contributed by atoms with Crippen LogP contribution in [-0.2, 0) is 0 Å². The summed E-state index contributed by atoms with van der Waals surface area (Å²) in [4.78, 5) is 19.0. The molecule has 0 saturated heterocycles. The van der Waals surface area contributed by atoms with E-state index in [-0.39, 0.29) is 11.4 Å². The van der Waals surface area contributed by atoms with Gasteiger partial charge in [0.2, 0.25) is 0 Å². The number of pyridine rings is 1. The van der Waals surface area contributed by atoms with Gasteiger partial charge in [-0.25, -0.2) is 4.98 Å². The van der Waals surface area contributed by atoms with Crippen molar-refractivity contribution >= 4 is 27.5 Å². The predicted molar refractivity (Wildman–Crippen MR) is 100 cm³/mol. The van der Waals surface area contributed by atoms with Crippen LogP contribution in [0.15, 0.2) is 35.5 Å². The largest absolute Gasteiger partial charge is 0.370 e. The van der Waals surface area contributed by atoms with Gasteiger partial charge in [-0.05, 0) is 68.8 Å².